The van der Waals surface area contributed by atoms with Gasteiger partial charge in [-0.1, -0.05) is 50.3 Å². The van der Waals surface area contributed by atoms with Crippen LogP contribution in [0.5, 0.6) is 0 Å². The molecule has 0 amide bonds. The predicted octanol–water partition coefficient (Wildman–Crippen LogP) is 3.91. The molecule has 1 heteroatoms. The zero-order valence-electron chi connectivity index (χ0n) is 11.9. The van der Waals surface area contributed by atoms with Crippen LogP contribution in [-0.2, 0) is 11.8 Å². The highest BCUT2D eigenvalue weighted by Crippen LogP contribution is 2.34. The molecule has 0 spiro atoms. The first-order valence-electron chi connectivity index (χ1n) is 6.71. The second kappa shape index (κ2) is 5.01. The van der Waals surface area contributed by atoms with Crippen LogP contribution in [0.25, 0.3) is 0 Å². The van der Waals surface area contributed by atoms with Crippen LogP contribution in [0.3, 0.4) is 0 Å². The summed E-state index contributed by atoms with van der Waals surface area (Å²) in [6, 6.07) is 9.05. The van der Waals surface area contributed by atoms with Gasteiger partial charge >= 0.3 is 0 Å². The van der Waals surface area contributed by atoms with Gasteiger partial charge in [0, 0.05) is 25.2 Å². The predicted molar refractivity (Wildman–Crippen MR) is 78.7 cm³/mol. The van der Waals surface area contributed by atoms with Gasteiger partial charge in [-0.05, 0) is 30.0 Å². The van der Waals surface area contributed by atoms with E-state index in [1.807, 2.05) is 0 Å². The maximum absolute atomic E-state index is 2.34. The van der Waals surface area contributed by atoms with Gasteiger partial charge < -0.3 is 4.90 Å². The van der Waals surface area contributed by atoms with E-state index in [9.17, 15) is 0 Å². The molecule has 18 heavy (non-hydrogen) atoms. The molecule has 0 N–H and O–H groups in total. The number of hydrogen-bond acceptors (Lipinski definition) is 1. The number of benzene rings is 1. The lowest BCUT2D eigenvalue weighted by atomic mass is 9.76. The Hall–Kier alpha value is -1.50. The molecule has 0 heterocycles. The first-order chi connectivity index (χ1) is 8.55. The van der Waals surface area contributed by atoms with E-state index in [0.717, 1.165) is 12.8 Å². The Bertz CT molecular complexity index is 465. The minimum Gasteiger partial charge on any atom is -0.378 e. The van der Waals surface area contributed by atoms with Crippen LogP contribution in [0.15, 0.2) is 48.2 Å². The lowest BCUT2D eigenvalue weighted by Gasteiger charge is -2.30. The quantitative estimate of drug-likeness (QED) is 0.775. The fourth-order valence-corrected chi connectivity index (χ4v) is 2.39. The van der Waals surface area contributed by atoms with Crippen LogP contribution in [-0.4, -0.2) is 19.0 Å². The molecule has 0 bridgehead atoms. The summed E-state index contributed by atoms with van der Waals surface area (Å²) < 4.78 is 0. The highest BCUT2D eigenvalue weighted by molar-refractivity contribution is 5.38. The second-order valence-corrected chi connectivity index (χ2v) is 5.53. The molecule has 1 nitrogen and oxygen atoms in total. The van der Waals surface area contributed by atoms with Crippen molar-refractivity contribution in [1.82, 2.24) is 4.90 Å². The summed E-state index contributed by atoms with van der Waals surface area (Å²) in [6.45, 7) is 4.51. The molecule has 1 aliphatic rings. The molecular formula is C17H23N. The third-order valence-corrected chi connectivity index (χ3v) is 3.90. The molecule has 0 aliphatic heterocycles. The smallest absolute Gasteiger partial charge is 0.0318 e. The molecule has 1 aliphatic carbocycles. The summed E-state index contributed by atoms with van der Waals surface area (Å²) in [5, 5.41) is 0. The lowest BCUT2D eigenvalue weighted by Crippen LogP contribution is -2.23. The molecule has 96 valence electrons. The molecule has 1 unspecified atom stereocenters. The summed E-state index contributed by atoms with van der Waals surface area (Å²) in [6.07, 6.45) is 9.08. The van der Waals surface area contributed by atoms with Gasteiger partial charge in [-0.15, -0.1) is 0 Å². The summed E-state index contributed by atoms with van der Waals surface area (Å²) >= 11 is 0. The molecule has 1 atom stereocenters. The topological polar surface area (TPSA) is 3.24 Å². The Balaban J connectivity index is 2.21. The summed E-state index contributed by atoms with van der Waals surface area (Å²) in [5.74, 6) is 0. The highest BCUT2D eigenvalue weighted by Gasteiger charge is 2.25. The van der Waals surface area contributed by atoms with Gasteiger partial charge in [-0.25, -0.2) is 0 Å². The molecule has 0 fully saturated rings. The number of allylic oxidation sites excluding steroid dienone is 3. The van der Waals surface area contributed by atoms with Gasteiger partial charge in [0.2, 0.25) is 0 Å². The number of nitrogens with zero attached hydrogens (tertiary/aromatic N) is 1. The van der Waals surface area contributed by atoms with Crippen molar-refractivity contribution >= 4 is 0 Å². The molecule has 0 saturated heterocycles. The van der Waals surface area contributed by atoms with E-state index in [-0.39, 0.29) is 5.41 Å². The maximum Gasteiger partial charge on any atom is 0.0318 e. The van der Waals surface area contributed by atoms with E-state index < -0.39 is 0 Å². The summed E-state index contributed by atoms with van der Waals surface area (Å²) in [5.41, 5.74) is 4.26. The Labute approximate surface area is 111 Å². The molecule has 0 aromatic heterocycles. The highest BCUT2D eigenvalue weighted by atomic mass is 15.1. The van der Waals surface area contributed by atoms with E-state index in [4.69, 9.17) is 0 Å². The largest absolute Gasteiger partial charge is 0.378 e. The van der Waals surface area contributed by atoms with Gasteiger partial charge in [-0.2, -0.15) is 0 Å². The zero-order valence-corrected chi connectivity index (χ0v) is 11.9. The van der Waals surface area contributed by atoms with Crippen molar-refractivity contribution in [1.29, 1.82) is 0 Å². The lowest BCUT2D eigenvalue weighted by molar-refractivity contribution is 0.504. The summed E-state index contributed by atoms with van der Waals surface area (Å²) in [4.78, 5) is 2.16. The van der Waals surface area contributed by atoms with E-state index >= 15 is 0 Å². The fourth-order valence-electron chi connectivity index (χ4n) is 2.39. The number of rotatable bonds is 3. The summed E-state index contributed by atoms with van der Waals surface area (Å²) in [7, 11) is 4.18. The maximum atomic E-state index is 2.34. The standard InChI is InChI=1S/C17H23N/c1-5-14-6-8-15(9-7-14)17(2)12-10-16(11-13-17)18(3)4/h6-12H,5,13H2,1-4H3. The number of hydrogen-bond donors (Lipinski definition) is 0. The van der Waals surface area contributed by atoms with Crippen molar-refractivity contribution in [3.8, 4) is 0 Å². The Morgan fingerprint density at radius 1 is 1.17 bits per heavy atom. The molecule has 0 radical (unpaired) electrons. The van der Waals surface area contributed by atoms with Gasteiger partial charge in [0.25, 0.3) is 0 Å². The average molecular weight is 241 g/mol. The van der Waals surface area contributed by atoms with Crippen molar-refractivity contribution in [3.05, 3.63) is 59.3 Å². The van der Waals surface area contributed by atoms with E-state index in [1.54, 1.807) is 0 Å². The van der Waals surface area contributed by atoms with E-state index in [2.05, 4.69) is 75.3 Å². The van der Waals surface area contributed by atoms with Crippen LogP contribution < -0.4 is 0 Å². The van der Waals surface area contributed by atoms with Crippen LogP contribution >= 0.6 is 0 Å². The molecule has 1 aromatic rings. The average Bonchev–Trinajstić information content (AvgIpc) is 2.39. The van der Waals surface area contributed by atoms with Crippen molar-refractivity contribution < 1.29 is 0 Å². The van der Waals surface area contributed by atoms with E-state index in [1.165, 1.54) is 16.8 Å². The van der Waals surface area contributed by atoms with E-state index in [0.29, 0.717) is 0 Å². The minimum absolute atomic E-state index is 0.145. The van der Waals surface area contributed by atoms with Crippen LogP contribution in [0, 0.1) is 0 Å². The van der Waals surface area contributed by atoms with Gasteiger partial charge in [0.05, 0.1) is 0 Å². The third kappa shape index (κ3) is 2.50. The Kier molecular flexibility index (Phi) is 3.60. The van der Waals surface area contributed by atoms with Gasteiger partial charge in [0.15, 0.2) is 0 Å². The minimum atomic E-state index is 0.145. The van der Waals surface area contributed by atoms with Crippen molar-refractivity contribution in [2.45, 2.75) is 32.1 Å². The first-order valence-corrected chi connectivity index (χ1v) is 6.71. The monoisotopic (exact) mass is 241 g/mol. The molecule has 1 aromatic carbocycles. The van der Waals surface area contributed by atoms with Crippen LogP contribution in [0.2, 0.25) is 0 Å². The first kappa shape index (κ1) is 12.9. The molecular weight excluding hydrogens is 218 g/mol. The SMILES string of the molecule is CCc1ccc(C2(C)C=CC(N(C)C)=CC2)cc1. The van der Waals surface area contributed by atoms with Crippen molar-refractivity contribution in [3.63, 3.8) is 0 Å². The number of likely N-dealkylation sites (N-methyl/N-ethyl adjacent to an activating group) is 1. The van der Waals surface area contributed by atoms with Crippen LogP contribution in [0.1, 0.15) is 31.4 Å². The Morgan fingerprint density at radius 2 is 1.83 bits per heavy atom. The van der Waals surface area contributed by atoms with Gasteiger partial charge in [0.1, 0.15) is 0 Å². The van der Waals surface area contributed by atoms with Crippen molar-refractivity contribution in [2.24, 2.45) is 0 Å². The zero-order chi connectivity index (χ0) is 13.2. The second-order valence-electron chi connectivity index (χ2n) is 5.53. The molecule has 0 saturated carbocycles. The molecule has 2 rings (SSSR count). The van der Waals surface area contributed by atoms with Crippen LogP contribution in [0.4, 0.5) is 0 Å². The van der Waals surface area contributed by atoms with Crippen molar-refractivity contribution in [2.75, 3.05) is 14.1 Å². The van der Waals surface area contributed by atoms with Gasteiger partial charge in [-0.3, -0.25) is 0 Å². The third-order valence-electron chi connectivity index (χ3n) is 3.90. The fraction of sp³-hybridized carbons (Fsp3) is 0.412. The normalized spacial score (nSPS) is 22.8. The Morgan fingerprint density at radius 3 is 2.28 bits per heavy atom. The number of aryl methyl sites for hydroxylation is 1.